The minimum atomic E-state index is -0.244. The largest absolute Gasteiger partial charge is 0.454 e. The van der Waals surface area contributed by atoms with Crippen LogP contribution in [0.2, 0.25) is 0 Å². The first kappa shape index (κ1) is 11.3. The topological polar surface area (TPSA) is 50.8 Å². The van der Waals surface area contributed by atoms with Crippen LogP contribution in [0, 0.1) is 0 Å². The first-order valence-corrected chi connectivity index (χ1v) is 6.06. The van der Waals surface area contributed by atoms with Crippen LogP contribution in [0.5, 0.6) is 11.5 Å². The number of ether oxygens (including phenoxy) is 2. The molecule has 1 atom stereocenters. The summed E-state index contributed by atoms with van der Waals surface area (Å²) in [5.74, 6) is 1.45. The molecule has 1 amide bonds. The van der Waals surface area contributed by atoms with Crippen LogP contribution in [0.4, 0.5) is 0 Å². The van der Waals surface area contributed by atoms with Crippen molar-refractivity contribution in [3.63, 3.8) is 0 Å². The fourth-order valence-electron chi connectivity index (χ4n) is 2.03. The van der Waals surface area contributed by atoms with Gasteiger partial charge in [-0.05, 0) is 36.8 Å². The van der Waals surface area contributed by atoms with Gasteiger partial charge in [-0.15, -0.1) is 0 Å². The Labute approximate surface area is 110 Å². The van der Waals surface area contributed by atoms with Gasteiger partial charge in [-0.2, -0.15) is 0 Å². The maximum atomic E-state index is 11.9. The van der Waals surface area contributed by atoms with Crippen LogP contribution in [-0.2, 0) is 11.3 Å². The molecule has 1 aromatic rings. The van der Waals surface area contributed by atoms with E-state index < -0.39 is 0 Å². The lowest BCUT2D eigenvalue weighted by Gasteiger charge is -2.14. The Kier molecular flexibility index (Phi) is 2.59. The van der Waals surface area contributed by atoms with Gasteiger partial charge in [0.05, 0.1) is 6.54 Å². The van der Waals surface area contributed by atoms with Gasteiger partial charge in [0, 0.05) is 0 Å². The number of carbonyl (C=O) groups is 1. The summed E-state index contributed by atoms with van der Waals surface area (Å²) in [6, 6.07) is 5.39. The van der Waals surface area contributed by atoms with E-state index in [1.807, 2.05) is 18.2 Å². The molecule has 0 unspecified atom stereocenters. The van der Waals surface area contributed by atoms with Crippen LogP contribution in [0.15, 0.2) is 18.2 Å². The summed E-state index contributed by atoms with van der Waals surface area (Å²) in [5.41, 5.74) is 0.964. The number of fused-ring (bicyclic) bond motifs is 1. The fourth-order valence-corrected chi connectivity index (χ4v) is 2.36. The maximum absolute atomic E-state index is 11.9. The normalized spacial score (nSPS) is 21.4. The van der Waals surface area contributed by atoms with E-state index in [1.54, 1.807) is 11.8 Å². The third-order valence-electron chi connectivity index (χ3n) is 3.00. The lowest BCUT2D eigenvalue weighted by atomic mass is 10.2. The van der Waals surface area contributed by atoms with E-state index in [2.05, 4.69) is 5.32 Å². The first-order chi connectivity index (χ1) is 8.65. The maximum Gasteiger partial charge on any atom is 0.251 e. The lowest BCUT2D eigenvalue weighted by molar-refractivity contribution is -0.127. The summed E-state index contributed by atoms with van der Waals surface area (Å²) < 4.78 is 10.5. The van der Waals surface area contributed by atoms with Gasteiger partial charge in [-0.3, -0.25) is 9.69 Å². The average Bonchev–Trinajstić information content (AvgIpc) is 2.89. The Balaban J connectivity index is 1.81. The molecule has 2 aliphatic rings. The Hall–Kier alpha value is -1.82. The van der Waals surface area contributed by atoms with E-state index in [-0.39, 0.29) is 18.7 Å². The molecule has 0 saturated carbocycles. The van der Waals surface area contributed by atoms with Crippen molar-refractivity contribution in [3.05, 3.63) is 23.8 Å². The molecule has 2 heterocycles. The highest BCUT2D eigenvalue weighted by atomic mass is 32.1. The van der Waals surface area contributed by atoms with Crippen LogP contribution in [0.3, 0.4) is 0 Å². The van der Waals surface area contributed by atoms with Crippen LogP contribution >= 0.6 is 12.2 Å². The van der Waals surface area contributed by atoms with Crippen molar-refractivity contribution in [2.45, 2.75) is 19.5 Å². The van der Waals surface area contributed by atoms with Gasteiger partial charge >= 0.3 is 0 Å². The minimum absolute atomic E-state index is 0.00216. The van der Waals surface area contributed by atoms with E-state index in [4.69, 9.17) is 21.7 Å². The zero-order valence-electron chi connectivity index (χ0n) is 9.80. The van der Waals surface area contributed by atoms with E-state index in [9.17, 15) is 4.79 Å². The molecule has 5 nitrogen and oxygen atoms in total. The third kappa shape index (κ3) is 1.78. The second-order valence-electron chi connectivity index (χ2n) is 4.28. The van der Waals surface area contributed by atoms with Crippen LogP contribution in [0.1, 0.15) is 12.5 Å². The van der Waals surface area contributed by atoms with E-state index >= 15 is 0 Å². The summed E-state index contributed by atoms with van der Waals surface area (Å²) in [6.07, 6.45) is 0. The predicted octanol–water partition coefficient (Wildman–Crippen LogP) is 1.02. The highest BCUT2D eigenvalue weighted by Gasteiger charge is 2.32. The number of benzene rings is 1. The molecule has 1 fully saturated rings. The second kappa shape index (κ2) is 4.13. The van der Waals surface area contributed by atoms with Crippen molar-refractivity contribution < 1.29 is 14.3 Å². The number of hydrogen-bond donors (Lipinski definition) is 1. The Morgan fingerprint density at radius 1 is 1.44 bits per heavy atom. The van der Waals surface area contributed by atoms with E-state index in [0.29, 0.717) is 17.4 Å². The number of hydrogen-bond acceptors (Lipinski definition) is 4. The van der Waals surface area contributed by atoms with Gasteiger partial charge in [0.15, 0.2) is 16.6 Å². The molecule has 2 aliphatic heterocycles. The number of carbonyl (C=O) groups excluding carboxylic acids is 1. The van der Waals surface area contributed by atoms with Crippen molar-refractivity contribution in [3.8, 4) is 11.5 Å². The van der Waals surface area contributed by atoms with E-state index in [0.717, 1.165) is 11.3 Å². The summed E-state index contributed by atoms with van der Waals surface area (Å²) in [4.78, 5) is 13.4. The zero-order valence-corrected chi connectivity index (χ0v) is 10.6. The van der Waals surface area contributed by atoms with Gasteiger partial charge in [0.2, 0.25) is 6.79 Å². The average molecular weight is 264 g/mol. The number of amides is 1. The molecule has 1 aromatic carbocycles. The van der Waals surface area contributed by atoms with Crippen LogP contribution in [0.25, 0.3) is 0 Å². The molecule has 0 radical (unpaired) electrons. The van der Waals surface area contributed by atoms with Gasteiger partial charge < -0.3 is 14.8 Å². The zero-order chi connectivity index (χ0) is 12.7. The van der Waals surface area contributed by atoms with E-state index in [1.165, 1.54) is 0 Å². The molecule has 3 rings (SSSR count). The molecule has 0 aliphatic carbocycles. The third-order valence-corrected chi connectivity index (χ3v) is 3.34. The Bertz CT molecular complexity index is 532. The molecular weight excluding hydrogens is 252 g/mol. The summed E-state index contributed by atoms with van der Waals surface area (Å²) >= 11 is 5.13. The minimum Gasteiger partial charge on any atom is -0.454 e. The highest BCUT2D eigenvalue weighted by Crippen LogP contribution is 2.33. The summed E-state index contributed by atoms with van der Waals surface area (Å²) in [7, 11) is 0. The molecule has 1 saturated heterocycles. The number of rotatable bonds is 2. The van der Waals surface area contributed by atoms with Gasteiger partial charge in [0.1, 0.15) is 6.04 Å². The molecule has 0 bridgehead atoms. The Morgan fingerprint density at radius 3 is 2.94 bits per heavy atom. The predicted molar refractivity (Wildman–Crippen MR) is 68.3 cm³/mol. The molecule has 94 valence electrons. The van der Waals surface area contributed by atoms with Crippen molar-refractivity contribution >= 4 is 23.2 Å². The van der Waals surface area contributed by atoms with Crippen molar-refractivity contribution in [1.82, 2.24) is 10.2 Å². The molecule has 0 spiro atoms. The number of nitrogens with one attached hydrogen (secondary N) is 1. The van der Waals surface area contributed by atoms with Crippen LogP contribution < -0.4 is 14.8 Å². The number of thiocarbonyl (C=S) groups is 1. The molecule has 0 aromatic heterocycles. The van der Waals surface area contributed by atoms with Crippen molar-refractivity contribution in [1.29, 1.82) is 0 Å². The summed E-state index contributed by atoms with van der Waals surface area (Å²) in [6.45, 7) is 2.50. The highest BCUT2D eigenvalue weighted by molar-refractivity contribution is 7.80. The molecular formula is C12H12N2O3S. The van der Waals surface area contributed by atoms with Crippen molar-refractivity contribution in [2.75, 3.05) is 6.79 Å². The standard InChI is InChI=1S/C12H12N2O3S/c1-7-11(15)14(12(18)13-7)5-8-2-3-9-10(4-8)17-6-16-9/h2-4,7H,5-6H2,1H3,(H,13,18)/t7-/m1/s1. The molecule has 6 heteroatoms. The number of nitrogens with zero attached hydrogens (tertiary/aromatic N) is 1. The lowest BCUT2D eigenvalue weighted by Crippen LogP contribution is -2.30. The fraction of sp³-hybridized carbons (Fsp3) is 0.333. The van der Waals surface area contributed by atoms with Crippen LogP contribution in [-0.4, -0.2) is 28.8 Å². The van der Waals surface area contributed by atoms with Crippen molar-refractivity contribution in [2.24, 2.45) is 0 Å². The molecule has 18 heavy (non-hydrogen) atoms. The Morgan fingerprint density at radius 2 is 2.22 bits per heavy atom. The molecule has 1 N–H and O–H groups in total. The quantitative estimate of drug-likeness (QED) is 0.808. The smallest absolute Gasteiger partial charge is 0.251 e. The second-order valence-corrected chi connectivity index (χ2v) is 4.67. The van der Waals surface area contributed by atoms with Gasteiger partial charge in [0.25, 0.3) is 5.91 Å². The van der Waals surface area contributed by atoms with Gasteiger partial charge in [-0.25, -0.2) is 0 Å². The first-order valence-electron chi connectivity index (χ1n) is 5.65. The monoisotopic (exact) mass is 264 g/mol. The SMILES string of the molecule is C[C@H]1NC(=S)N(Cc2ccc3c(c2)OCO3)C1=O. The van der Waals surface area contributed by atoms with Gasteiger partial charge in [-0.1, -0.05) is 6.07 Å². The summed E-state index contributed by atoms with van der Waals surface area (Å²) in [5, 5.41) is 3.42.